The van der Waals surface area contributed by atoms with Crippen LogP contribution in [-0.4, -0.2) is 38.9 Å². The molecule has 0 spiro atoms. The average Bonchev–Trinajstić information content (AvgIpc) is 3.01. The van der Waals surface area contributed by atoms with E-state index in [9.17, 15) is 4.79 Å². The second kappa shape index (κ2) is 5.14. The molecule has 2 N–H and O–H groups in total. The molecular formula is C12H20N2OS2. The number of rotatable bonds is 5. The lowest BCUT2D eigenvalue weighted by Gasteiger charge is -2.31. The zero-order valence-electron chi connectivity index (χ0n) is 10.3. The third kappa shape index (κ3) is 3.13. The molecule has 2 fully saturated rings. The molecule has 0 radical (unpaired) electrons. The van der Waals surface area contributed by atoms with E-state index in [1.165, 1.54) is 0 Å². The predicted octanol–water partition coefficient (Wildman–Crippen LogP) is 1.94. The molecule has 5 heteroatoms. The second-order valence-corrected chi connectivity index (χ2v) is 7.25. The number of hydrogen-bond donors (Lipinski definition) is 1. The number of carbonyl (C=O) groups excluding carboxylic acids is 1. The molecule has 1 saturated heterocycles. The first-order valence-electron chi connectivity index (χ1n) is 6.26. The molecule has 2 rings (SSSR count). The Morgan fingerprint density at radius 1 is 1.59 bits per heavy atom. The van der Waals surface area contributed by atoms with Crippen LogP contribution in [0.15, 0.2) is 0 Å². The van der Waals surface area contributed by atoms with Crippen molar-refractivity contribution in [1.82, 2.24) is 4.90 Å². The van der Waals surface area contributed by atoms with Crippen molar-refractivity contribution in [3.63, 3.8) is 0 Å². The minimum absolute atomic E-state index is 0.196. The first-order valence-corrected chi connectivity index (χ1v) is 7.66. The van der Waals surface area contributed by atoms with Crippen molar-refractivity contribution in [2.75, 3.05) is 12.3 Å². The van der Waals surface area contributed by atoms with Crippen LogP contribution >= 0.6 is 24.0 Å². The van der Waals surface area contributed by atoms with Crippen LogP contribution in [0.4, 0.5) is 0 Å². The number of nitrogens with zero attached hydrogens (tertiary/aromatic N) is 1. The molecule has 0 aromatic heterocycles. The fourth-order valence-electron chi connectivity index (χ4n) is 2.32. The van der Waals surface area contributed by atoms with Gasteiger partial charge in [-0.3, -0.25) is 4.79 Å². The molecule has 1 amide bonds. The Morgan fingerprint density at radius 3 is 2.76 bits per heavy atom. The van der Waals surface area contributed by atoms with Crippen LogP contribution in [0.5, 0.6) is 0 Å². The van der Waals surface area contributed by atoms with Gasteiger partial charge in [0.25, 0.3) is 0 Å². The van der Waals surface area contributed by atoms with Crippen molar-refractivity contribution in [3.05, 3.63) is 0 Å². The van der Waals surface area contributed by atoms with E-state index in [4.69, 9.17) is 18.0 Å². The highest BCUT2D eigenvalue weighted by molar-refractivity contribution is 8.01. The maximum absolute atomic E-state index is 12.6. The summed E-state index contributed by atoms with van der Waals surface area (Å²) in [6.45, 7) is 2.79. The van der Waals surface area contributed by atoms with Gasteiger partial charge in [0.2, 0.25) is 5.91 Å². The Morgan fingerprint density at radius 2 is 2.29 bits per heavy atom. The number of nitrogens with two attached hydrogens (primary N) is 1. The SMILES string of the molecule is CC1(C(=O)N(CCC(N)=S)C2CC2)CCCS1. The first kappa shape index (κ1) is 13.1. The highest BCUT2D eigenvalue weighted by Crippen LogP contribution is 2.41. The summed E-state index contributed by atoms with van der Waals surface area (Å²) >= 11 is 6.71. The van der Waals surface area contributed by atoms with Gasteiger partial charge in [-0.15, -0.1) is 11.8 Å². The molecule has 1 aliphatic carbocycles. The molecule has 0 aromatic rings. The van der Waals surface area contributed by atoms with Crippen molar-refractivity contribution in [3.8, 4) is 0 Å². The lowest BCUT2D eigenvalue weighted by molar-refractivity contribution is -0.133. The van der Waals surface area contributed by atoms with Crippen LogP contribution in [0.2, 0.25) is 0 Å². The minimum atomic E-state index is -0.196. The molecule has 2 aliphatic rings. The third-order valence-electron chi connectivity index (χ3n) is 3.52. The van der Waals surface area contributed by atoms with Gasteiger partial charge in [-0.25, -0.2) is 0 Å². The van der Waals surface area contributed by atoms with E-state index in [0.29, 0.717) is 29.9 Å². The first-order chi connectivity index (χ1) is 8.03. The molecule has 1 atom stereocenters. The Balaban J connectivity index is 1.99. The minimum Gasteiger partial charge on any atom is -0.393 e. The third-order valence-corrected chi connectivity index (χ3v) is 5.23. The topological polar surface area (TPSA) is 46.3 Å². The molecule has 1 heterocycles. The standard InChI is InChI=1S/C12H20N2OS2/c1-12(6-2-8-17-12)11(15)14(9-3-4-9)7-5-10(13)16/h9H,2-8H2,1H3,(H2,13,16). The van der Waals surface area contributed by atoms with Crippen LogP contribution in [0.1, 0.15) is 39.0 Å². The molecule has 0 aromatic carbocycles. The van der Waals surface area contributed by atoms with Crippen LogP contribution in [-0.2, 0) is 4.79 Å². The molecular weight excluding hydrogens is 252 g/mol. The van der Waals surface area contributed by atoms with Crippen molar-refractivity contribution in [1.29, 1.82) is 0 Å². The largest absolute Gasteiger partial charge is 0.393 e. The van der Waals surface area contributed by atoms with Crippen LogP contribution in [0.25, 0.3) is 0 Å². The van der Waals surface area contributed by atoms with Crippen molar-refractivity contribution >= 4 is 34.9 Å². The van der Waals surface area contributed by atoms with E-state index in [-0.39, 0.29) is 4.75 Å². The molecule has 17 heavy (non-hydrogen) atoms. The quantitative estimate of drug-likeness (QED) is 0.777. The fraction of sp³-hybridized carbons (Fsp3) is 0.833. The maximum Gasteiger partial charge on any atom is 0.238 e. The van der Waals surface area contributed by atoms with E-state index in [1.807, 2.05) is 4.90 Å². The van der Waals surface area contributed by atoms with Gasteiger partial charge >= 0.3 is 0 Å². The van der Waals surface area contributed by atoms with Crippen molar-refractivity contribution in [2.45, 2.75) is 49.8 Å². The van der Waals surface area contributed by atoms with Gasteiger partial charge in [-0.1, -0.05) is 12.2 Å². The maximum atomic E-state index is 12.6. The van der Waals surface area contributed by atoms with Gasteiger partial charge in [-0.2, -0.15) is 0 Å². The molecule has 0 bridgehead atoms. The monoisotopic (exact) mass is 272 g/mol. The van der Waals surface area contributed by atoms with Gasteiger partial charge in [0.15, 0.2) is 0 Å². The summed E-state index contributed by atoms with van der Waals surface area (Å²) in [5.41, 5.74) is 5.54. The number of thioether (sulfide) groups is 1. The van der Waals surface area contributed by atoms with Crippen LogP contribution in [0, 0.1) is 0 Å². The van der Waals surface area contributed by atoms with Crippen molar-refractivity contribution in [2.24, 2.45) is 5.73 Å². The van der Waals surface area contributed by atoms with Gasteiger partial charge in [0.05, 0.1) is 9.74 Å². The van der Waals surface area contributed by atoms with E-state index in [0.717, 1.165) is 31.4 Å². The van der Waals surface area contributed by atoms with Gasteiger partial charge in [0.1, 0.15) is 0 Å². The summed E-state index contributed by atoms with van der Waals surface area (Å²) in [7, 11) is 0. The van der Waals surface area contributed by atoms with E-state index >= 15 is 0 Å². The lowest BCUT2D eigenvalue weighted by atomic mass is 10.0. The average molecular weight is 272 g/mol. The summed E-state index contributed by atoms with van der Waals surface area (Å²) in [6, 6.07) is 0.454. The summed E-state index contributed by atoms with van der Waals surface area (Å²) < 4.78 is -0.196. The summed E-state index contributed by atoms with van der Waals surface area (Å²) in [6.07, 6.45) is 5.10. The second-order valence-electron chi connectivity index (χ2n) is 5.13. The highest BCUT2D eigenvalue weighted by atomic mass is 32.2. The Labute approximate surface area is 112 Å². The number of hydrogen-bond acceptors (Lipinski definition) is 3. The lowest BCUT2D eigenvalue weighted by Crippen LogP contribution is -2.46. The zero-order chi connectivity index (χ0) is 12.5. The van der Waals surface area contributed by atoms with Gasteiger partial charge in [-0.05, 0) is 38.4 Å². The number of carbonyl (C=O) groups is 1. The Bertz CT molecular complexity index is 322. The smallest absolute Gasteiger partial charge is 0.238 e. The van der Waals surface area contributed by atoms with E-state index in [1.54, 1.807) is 11.8 Å². The summed E-state index contributed by atoms with van der Waals surface area (Å²) in [5, 5.41) is 0. The van der Waals surface area contributed by atoms with Crippen LogP contribution in [0.3, 0.4) is 0 Å². The molecule has 96 valence electrons. The normalized spacial score (nSPS) is 28.1. The summed E-state index contributed by atoms with van der Waals surface area (Å²) in [4.78, 5) is 15.1. The predicted molar refractivity (Wildman–Crippen MR) is 76.2 cm³/mol. The molecule has 1 unspecified atom stereocenters. The number of amides is 1. The van der Waals surface area contributed by atoms with Gasteiger partial charge < -0.3 is 10.6 Å². The Hall–Kier alpha value is -0.290. The Kier molecular flexibility index (Phi) is 3.98. The molecule has 1 saturated carbocycles. The summed E-state index contributed by atoms with van der Waals surface area (Å²) in [5.74, 6) is 1.41. The molecule has 1 aliphatic heterocycles. The van der Waals surface area contributed by atoms with E-state index < -0.39 is 0 Å². The van der Waals surface area contributed by atoms with Gasteiger partial charge in [0, 0.05) is 19.0 Å². The van der Waals surface area contributed by atoms with E-state index in [2.05, 4.69) is 6.92 Å². The van der Waals surface area contributed by atoms with Crippen LogP contribution < -0.4 is 5.73 Å². The number of thiocarbonyl (C=S) groups is 1. The fourth-order valence-corrected chi connectivity index (χ4v) is 3.68. The van der Waals surface area contributed by atoms with Crippen molar-refractivity contribution < 1.29 is 4.79 Å². The highest BCUT2D eigenvalue weighted by Gasteiger charge is 2.44. The molecule has 3 nitrogen and oxygen atoms in total. The zero-order valence-corrected chi connectivity index (χ0v) is 11.9.